The average Bonchev–Trinajstić information content (AvgIpc) is 2.23. The van der Waals surface area contributed by atoms with Gasteiger partial charge in [0.2, 0.25) is 0 Å². The number of hydrogen-bond donors (Lipinski definition) is 1. The minimum atomic E-state index is 0.0381. The third-order valence-electron chi connectivity index (χ3n) is 3.46. The van der Waals surface area contributed by atoms with Crippen molar-refractivity contribution in [2.75, 3.05) is 6.54 Å². The van der Waals surface area contributed by atoms with Crippen LogP contribution in [0.15, 0.2) is 0 Å². The molecule has 0 bridgehead atoms. The molecule has 1 aromatic rings. The van der Waals surface area contributed by atoms with Crippen LogP contribution in [0.2, 0.25) is 0 Å². The Balaban J connectivity index is 3.60. The molecule has 0 aliphatic carbocycles. The zero-order valence-electron chi connectivity index (χ0n) is 10.2. The summed E-state index contributed by atoms with van der Waals surface area (Å²) < 4.78 is 0. The van der Waals surface area contributed by atoms with Gasteiger partial charge in [-0.2, -0.15) is 0 Å². The molecule has 0 aliphatic rings. The van der Waals surface area contributed by atoms with Crippen molar-refractivity contribution in [3.05, 3.63) is 33.4 Å². The maximum atomic E-state index is 11.7. The van der Waals surface area contributed by atoms with Crippen molar-refractivity contribution >= 4 is 5.78 Å². The first kappa shape index (κ1) is 11.9. The van der Waals surface area contributed by atoms with Crippen LogP contribution in [0.4, 0.5) is 0 Å². The van der Waals surface area contributed by atoms with Crippen LogP contribution in [0.3, 0.4) is 0 Å². The summed E-state index contributed by atoms with van der Waals surface area (Å²) in [6.45, 7) is 10.3. The number of hydrogen-bond acceptors (Lipinski definition) is 2. The molecule has 0 saturated heterocycles. The number of Topliss-reactive ketones (excluding diaryl/α,β-unsaturated/α-hetero) is 1. The Kier molecular flexibility index (Phi) is 3.30. The molecule has 0 aliphatic heterocycles. The summed E-state index contributed by atoms with van der Waals surface area (Å²) in [6, 6.07) is 0. The normalized spacial score (nSPS) is 10.5. The second kappa shape index (κ2) is 4.15. The second-order valence-electron chi connectivity index (χ2n) is 4.13. The molecular formula is C13H19NO. The van der Waals surface area contributed by atoms with Crippen LogP contribution in [0.5, 0.6) is 0 Å². The monoisotopic (exact) mass is 205 g/mol. The second-order valence-corrected chi connectivity index (χ2v) is 4.13. The number of carbonyl (C=O) groups is 1. The topological polar surface area (TPSA) is 43.1 Å². The van der Waals surface area contributed by atoms with Crippen molar-refractivity contribution in [2.24, 2.45) is 5.73 Å². The molecule has 0 saturated carbocycles. The van der Waals surface area contributed by atoms with Crippen molar-refractivity contribution in [3.8, 4) is 0 Å². The highest BCUT2D eigenvalue weighted by Crippen LogP contribution is 2.25. The predicted molar refractivity (Wildman–Crippen MR) is 63.5 cm³/mol. The van der Waals surface area contributed by atoms with Gasteiger partial charge in [-0.1, -0.05) is 0 Å². The van der Waals surface area contributed by atoms with Gasteiger partial charge in [0, 0.05) is 5.56 Å². The SMILES string of the molecule is Cc1c(C)c(C)c(C(=O)CN)c(C)c1C. The van der Waals surface area contributed by atoms with Gasteiger partial charge in [0.05, 0.1) is 6.54 Å². The Labute approximate surface area is 91.5 Å². The lowest BCUT2D eigenvalue weighted by atomic mass is 9.88. The van der Waals surface area contributed by atoms with Crippen LogP contribution in [0.25, 0.3) is 0 Å². The molecule has 0 atom stereocenters. The maximum Gasteiger partial charge on any atom is 0.176 e. The van der Waals surface area contributed by atoms with Crippen molar-refractivity contribution in [1.29, 1.82) is 0 Å². The number of benzene rings is 1. The summed E-state index contributed by atoms with van der Waals surface area (Å²) >= 11 is 0. The van der Waals surface area contributed by atoms with Crippen molar-refractivity contribution < 1.29 is 4.79 Å². The number of ketones is 1. The Hall–Kier alpha value is -1.15. The van der Waals surface area contributed by atoms with Crippen molar-refractivity contribution in [2.45, 2.75) is 34.6 Å². The number of rotatable bonds is 2. The molecule has 1 rings (SSSR count). The van der Waals surface area contributed by atoms with Gasteiger partial charge in [-0.25, -0.2) is 0 Å². The summed E-state index contributed by atoms with van der Waals surface area (Å²) in [6.07, 6.45) is 0. The van der Waals surface area contributed by atoms with Gasteiger partial charge >= 0.3 is 0 Å². The Bertz CT molecular complexity index is 390. The van der Waals surface area contributed by atoms with Gasteiger partial charge in [-0.3, -0.25) is 4.79 Å². The lowest BCUT2D eigenvalue weighted by molar-refractivity contribution is 0.1000. The van der Waals surface area contributed by atoms with Crippen molar-refractivity contribution in [1.82, 2.24) is 0 Å². The quantitative estimate of drug-likeness (QED) is 0.753. The van der Waals surface area contributed by atoms with E-state index in [-0.39, 0.29) is 12.3 Å². The van der Waals surface area contributed by atoms with Crippen LogP contribution in [0.1, 0.15) is 38.2 Å². The molecule has 2 nitrogen and oxygen atoms in total. The van der Waals surface area contributed by atoms with E-state index < -0.39 is 0 Å². The molecule has 1 aromatic carbocycles. The summed E-state index contributed by atoms with van der Waals surface area (Å²) in [5.74, 6) is 0.0381. The first-order chi connectivity index (χ1) is 6.91. The lowest BCUT2D eigenvalue weighted by Gasteiger charge is -2.17. The average molecular weight is 205 g/mol. The van der Waals surface area contributed by atoms with E-state index in [1.165, 1.54) is 16.7 Å². The summed E-state index contributed by atoms with van der Waals surface area (Å²) in [7, 11) is 0. The predicted octanol–water partition coefficient (Wildman–Crippen LogP) is 2.37. The standard InChI is InChI=1S/C13H19NO/c1-7-8(2)10(4)13(12(15)6-14)11(5)9(7)3/h6,14H2,1-5H3. The number of carbonyl (C=O) groups excluding carboxylic acids is 1. The molecule has 0 unspecified atom stereocenters. The molecule has 82 valence electrons. The van der Waals surface area contributed by atoms with Crippen LogP contribution in [0, 0.1) is 34.6 Å². The van der Waals surface area contributed by atoms with E-state index in [1.807, 2.05) is 13.8 Å². The lowest BCUT2D eigenvalue weighted by Crippen LogP contribution is -2.18. The maximum absolute atomic E-state index is 11.7. The minimum absolute atomic E-state index is 0.0381. The van der Waals surface area contributed by atoms with Crippen molar-refractivity contribution in [3.63, 3.8) is 0 Å². The highest BCUT2D eigenvalue weighted by molar-refractivity contribution is 6.00. The van der Waals surface area contributed by atoms with Crippen LogP contribution in [-0.4, -0.2) is 12.3 Å². The van der Waals surface area contributed by atoms with E-state index in [9.17, 15) is 4.79 Å². The van der Waals surface area contributed by atoms with Gasteiger partial charge < -0.3 is 5.73 Å². The smallest absolute Gasteiger partial charge is 0.176 e. The summed E-state index contributed by atoms with van der Waals surface area (Å²) in [5.41, 5.74) is 12.1. The molecule has 0 spiro atoms. The zero-order chi connectivity index (χ0) is 11.7. The molecule has 0 heterocycles. The van der Waals surface area contributed by atoms with Crippen LogP contribution < -0.4 is 5.73 Å². The van der Waals surface area contributed by atoms with Gasteiger partial charge in [0.25, 0.3) is 0 Å². The van der Waals surface area contributed by atoms with Crippen LogP contribution >= 0.6 is 0 Å². The fraction of sp³-hybridized carbons (Fsp3) is 0.462. The van der Waals surface area contributed by atoms with Gasteiger partial charge in [-0.05, 0) is 62.4 Å². The molecule has 0 fully saturated rings. The fourth-order valence-electron chi connectivity index (χ4n) is 2.02. The molecule has 0 amide bonds. The van der Waals surface area contributed by atoms with E-state index in [0.717, 1.165) is 16.7 Å². The summed E-state index contributed by atoms with van der Waals surface area (Å²) in [5, 5.41) is 0. The minimum Gasteiger partial charge on any atom is -0.324 e. The van der Waals surface area contributed by atoms with E-state index in [1.54, 1.807) is 0 Å². The zero-order valence-corrected chi connectivity index (χ0v) is 10.2. The third kappa shape index (κ3) is 1.82. The first-order valence-corrected chi connectivity index (χ1v) is 5.22. The Morgan fingerprint density at radius 1 is 0.867 bits per heavy atom. The molecular weight excluding hydrogens is 186 g/mol. The van der Waals surface area contributed by atoms with E-state index in [2.05, 4.69) is 20.8 Å². The summed E-state index contributed by atoms with van der Waals surface area (Å²) in [4.78, 5) is 11.7. The van der Waals surface area contributed by atoms with Gasteiger partial charge in [0.1, 0.15) is 0 Å². The molecule has 15 heavy (non-hydrogen) atoms. The highest BCUT2D eigenvalue weighted by Gasteiger charge is 2.16. The molecule has 0 radical (unpaired) electrons. The van der Waals surface area contributed by atoms with E-state index in [0.29, 0.717) is 0 Å². The molecule has 2 heteroatoms. The van der Waals surface area contributed by atoms with Crippen LogP contribution in [-0.2, 0) is 0 Å². The van der Waals surface area contributed by atoms with E-state index in [4.69, 9.17) is 5.73 Å². The Morgan fingerprint density at radius 2 is 1.20 bits per heavy atom. The van der Waals surface area contributed by atoms with Gasteiger partial charge in [-0.15, -0.1) is 0 Å². The molecule has 0 aromatic heterocycles. The van der Waals surface area contributed by atoms with E-state index >= 15 is 0 Å². The fourth-order valence-corrected chi connectivity index (χ4v) is 2.02. The number of nitrogens with two attached hydrogens (primary N) is 1. The first-order valence-electron chi connectivity index (χ1n) is 5.22. The van der Waals surface area contributed by atoms with Gasteiger partial charge in [0.15, 0.2) is 5.78 Å². The largest absolute Gasteiger partial charge is 0.324 e. The molecule has 2 N–H and O–H groups in total. The Morgan fingerprint density at radius 3 is 1.53 bits per heavy atom. The highest BCUT2D eigenvalue weighted by atomic mass is 16.1. The third-order valence-corrected chi connectivity index (χ3v) is 3.46.